The van der Waals surface area contributed by atoms with Crippen LogP contribution in [0.2, 0.25) is 0 Å². The first-order valence-corrected chi connectivity index (χ1v) is 10.4. The average Bonchev–Trinajstić information content (AvgIpc) is 2.81. The number of hydrogen-bond donors (Lipinski definition) is 1. The van der Waals surface area contributed by atoms with Crippen LogP contribution in [0.15, 0.2) is 78.9 Å². The van der Waals surface area contributed by atoms with E-state index in [2.05, 4.69) is 29.3 Å². The molecule has 1 aliphatic rings. The van der Waals surface area contributed by atoms with Crippen molar-refractivity contribution in [2.75, 3.05) is 37.0 Å². The van der Waals surface area contributed by atoms with E-state index in [1.807, 2.05) is 71.6 Å². The molecule has 0 bridgehead atoms. The molecule has 0 aliphatic carbocycles. The predicted octanol–water partition coefficient (Wildman–Crippen LogP) is 5.23. The SMILES string of the molecule is COc1ccc(N2CCN(C(=O)Nc3ccc(Oc4ccccc4)cc3)CC2C)cc1. The Hall–Kier alpha value is -3.67. The third kappa shape index (κ3) is 5.09. The topological polar surface area (TPSA) is 54.0 Å². The molecule has 160 valence electrons. The van der Waals surface area contributed by atoms with Crippen molar-refractivity contribution >= 4 is 17.4 Å². The van der Waals surface area contributed by atoms with E-state index in [1.165, 1.54) is 0 Å². The van der Waals surface area contributed by atoms with E-state index in [9.17, 15) is 4.79 Å². The number of hydrogen-bond acceptors (Lipinski definition) is 4. The summed E-state index contributed by atoms with van der Waals surface area (Å²) in [5, 5.41) is 2.99. The first-order valence-electron chi connectivity index (χ1n) is 10.4. The quantitative estimate of drug-likeness (QED) is 0.618. The van der Waals surface area contributed by atoms with Crippen LogP contribution in [-0.2, 0) is 0 Å². The molecule has 1 unspecified atom stereocenters. The van der Waals surface area contributed by atoms with E-state index in [4.69, 9.17) is 9.47 Å². The Morgan fingerprint density at radius 2 is 1.52 bits per heavy atom. The van der Waals surface area contributed by atoms with Gasteiger partial charge in [-0.1, -0.05) is 18.2 Å². The zero-order chi connectivity index (χ0) is 21.6. The van der Waals surface area contributed by atoms with Gasteiger partial charge in [0.25, 0.3) is 0 Å². The fraction of sp³-hybridized carbons (Fsp3) is 0.240. The van der Waals surface area contributed by atoms with Crippen molar-refractivity contribution in [1.82, 2.24) is 4.90 Å². The summed E-state index contributed by atoms with van der Waals surface area (Å²) in [7, 11) is 1.67. The first-order chi connectivity index (χ1) is 15.1. The Morgan fingerprint density at radius 1 is 0.871 bits per heavy atom. The highest BCUT2D eigenvalue weighted by Crippen LogP contribution is 2.25. The highest BCUT2D eigenvalue weighted by Gasteiger charge is 2.27. The summed E-state index contributed by atoms with van der Waals surface area (Å²) in [5.74, 6) is 2.35. The number of nitrogens with zero attached hydrogens (tertiary/aromatic N) is 2. The number of para-hydroxylation sites is 1. The molecule has 3 aromatic carbocycles. The van der Waals surface area contributed by atoms with Crippen LogP contribution >= 0.6 is 0 Å². The molecule has 0 radical (unpaired) electrons. The Morgan fingerprint density at radius 3 is 2.16 bits per heavy atom. The molecular formula is C25H27N3O3. The highest BCUT2D eigenvalue weighted by atomic mass is 16.5. The van der Waals surface area contributed by atoms with Gasteiger partial charge in [-0.3, -0.25) is 0 Å². The molecule has 1 N–H and O–H groups in total. The molecule has 1 aliphatic heterocycles. The summed E-state index contributed by atoms with van der Waals surface area (Å²) in [6.07, 6.45) is 0. The first kappa shape index (κ1) is 20.6. The van der Waals surface area contributed by atoms with Crippen molar-refractivity contribution in [3.63, 3.8) is 0 Å². The predicted molar refractivity (Wildman–Crippen MR) is 123 cm³/mol. The molecular weight excluding hydrogens is 390 g/mol. The Balaban J connectivity index is 1.32. The molecule has 6 heteroatoms. The second-order valence-electron chi connectivity index (χ2n) is 7.56. The van der Waals surface area contributed by atoms with Gasteiger partial charge in [-0.15, -0.1) is 0 Å². The number of rotatable bonds is 5. The fourth-order valence-corrected chi connectivity index (χ4v) is 3.73. The number of urea groups is 1. The second-order valence-corrected chi connectivity index (χ2v) is 7.56. The lowest BCUT2D eigenvalue weighted by molar-refractivity contribution is 0.200. The molecule has 6 nitrogen and oxygen atoms in total. The second kappa shape index (κ2) is 9.43. The van der Waals surface area contributed by atoms with Gasteiger partial charge < -0.3 is 24.6 Å². The largest absolute Gasteiger partial charge is 0.497 e. The standard InChI is InChI=1S/C25H27N3O3/c1-19-18-27(16-17-28(19)21-10-14-22(30-2)15-11-21)25(29)26-20-8-12-24(13-9-20)31-23-6-4-3-5-7-23/h3-15,19H,16-18H2,1-2H3,(H,26,29). The third-order valence-corrected chi connectivity index (χ3v) is 5.40. The van der Waals surface area contributed by atoms with E-state index in [0.717, 1.165) is 35.2 Å². The summed E-state index contributed by atoms with van der Waals surface area (Å²) in [4.78, 5) is 16.9. The molecule has 0 saturated carbocycles. The van der Waals surface area contributed by atoms with E-state index in [0.29, 0.717) is 13.1 Å². The van der Waals surface area contributed by atoms with Gasteiger partial charge in [0.2, 0.25) is 0 Å². The van der Waals surface area contributed by atoms with Crippen LogP contribution in [-0.4, -0.2) is 43.7 Å². The number of carbonyl (C=O) groups excluding carboxylic acids is 1. The summed E-state index contributed by atoms with van der Waals surface area (Å²) in [5.41, 5.74) is 1.89. The number of piperazine rings is 1. The highest BCUT2D eigenvalue weighted by molar-refractivity contribution is 5.89. The fourth-order valence-electron chi connectivity index (χ4n) is 3.73. The third-order valence-electron chi connectivity index (χ3n) is 5.40. The lowest BCUT2D eigenvalue weighted by atomic mass is 10.1. The summed E-state index contributed by atoms with van der Waals surface area (Å²) >= 11 is 0. The minimum atomic E-state index is -0.0852. The van der Waals surface area contributed by atoms with E-state index < -0.39 is 0 Å². The van der Waals surface area contributed by atoms with Gasteiger partial charge >= 0.3 is 6.03 Å². The number of methoxy groups -OCH3 is 1. The average molecular weight is 418 g/mol. The van der Waals surface area contributed by atoms with Crippen molar-refractivity contribution in [2.24, 2.45) is 0 Å². The van der Waals surface area contributed by atoms with Crippen LogP contribution in [0.5, 0.6) is 17.2 Å². The summed E-state index contributed by atoms with van der Waals surface area (Å²) in [6, 6.07) is 25.2. The molecule has 2 amide bonds. The molecule has 0 spiro atoms. The van der Waals surface area contributed by atoms with Crippen LogP contribution in [0.1, 0.15) is 6.92 Å². The molecule has 1 atom stereocenters. The van der Waals surface area contributed by atoms with Gasteiger partial charge in [0, 0.05) is 37.1 Å². The number of carbonyl (C=O) groups is 1. The van der Waals surface area contributed by atoms with E-state index >= 15 is 0 Å². The smallest absolute Gasteiger partial charge is 0.321 e. The van der Waals surface area contributed by atoms with Crippen LogP contribution in [0.3, 0.4) is 0 Å². The zero-order valence-electron chi connectivity index (χ0n) is 17.8. The number of amides is 2. The maximum atomic E-state index is 12.8. The van der Waals surface area contributed by atoms with Crippen molar-refractivity contribution in [1.29, 1.82) is 0 Å². The van der Waals surface area contributed by atoms with E-state index in [-0.39, 0.29) is 12.1 Å². The summed E-state index contributed by atoms with van der Waals surface area (Å²) in [6.45, 7) is 4.24. The van der Waals surface area contributed by atoms with Gasteiger partial charge in [0.15, 0.2) is 0 Å². The molecule has 0 aromatic heterocycles. The van der Waals surface area contributed by atoms with Gasteiger partial charge in [0.05, 0.1) is 7.11 Å². The van der Waals surface area contributed by atoms with Gasteiger partial charge in [-0.05, 0) is 67.6 Å². The number of anilines is 2. The molecule has 31 heavy (non-hydrogen) atoms. The van der Waals surface area contributed by atoms with Crippen LogP contribution in [0, 0.1) is 0 Å². The molecule has 3 aromatic rings. The Labute approximate surface area is 183 Å². The van der Waals surface area contributed by atoms with Crippen LogP contribution in [0.25, 0.3) is 0 Å². The van der Waals surface area contributed by atoms with Crippen molar-refractivity contribution in [3.05, 3.63) is 78.9 Å². The number of nitrogens with one attached hydrogen (secondary N) is 1. The maximum Gasteiger partial charge on any atom is 0.321 e. The maximum absolute atomic E-state index is 12.8. The minimum Gasteiger partial charge on any atom is -0.497 e. The number of ether oxygens (including phenoxy) is 2. The van der Waals surface area contributed by atoms with Crippen molar-refractivity contribution in [2.45, 2.75) is 13.0 Å². The lowest BCUT2D eigenvalue weighted by Crippen LogP contribution is -2.54. The number of benzene rings is 3. The normalized spacial score (nSPS) is 16.0. The molecule has 1 saturated heterocycles. The monoisotopic (exact) mass is 417 g/mol. The molecule has 4 rings (SSSR count). The minimum absolute atomic E-state index is 0.0852. The van der Waals surface area contributed by atoms with Gasteiger partial charge in [-0.25, -0.2) is 4.79 Å². The van der Waals surface area contributed by atoms with Gasteiger partial charge in [0.1, 0.15) is 17.2 Å². The summed E-state index contributed by atoms with van der Waals surface area (Å²) < 4.78 is 11.0. The van der Waals surface area contributed by atoms with E-state index in [1.54, 1.807) is 7.11 Å². The van der Waals surface area contributed by atoms with Crippen LogP contribution < -0.4 is 19.7 Å². The zero-order valence-corrected chi connectivity index (χ0v) is 17.8. The van der Waals surface area contributed by atoms with Crippen molar-refractivity contribution in [3.8, 4) is 17.2 Å². The Kier molecular flexibility index (Phi) is 6.26. The lowest BCUT2D eigenvalue weighted by Gasteiger charge is -2.41. The van der Waals surface area contributed by atoms with Gasteiger partial charge in [-0.2, -0.15) is 0 Å². The van der Waals surface area contributed by atoms with Crippen molar-refractivity contribution < 1.29 is 14.3 Å². The Bertz CT molecular complexity index is 991. The molecule has 1 heterocycles. The van der Waals surface area contributed by atoms with Crippen LogP contribution in [0.4, 0.5) is 16.2 Å². The molecule has 1 fully saturated rings.